The van der Waals surface area contributed by atoms with Crippen molar-refractivity contribution in [3.63, 3.8) is 0 Å². The molecule has 0 spiro atoms. The third kappa shape index (κ3) is 7.70. The van der Waals surface area contributed by atoms with Crippen LogP contribution in [-0.4, -0.2) is 50.0 Å². The molecule has 1 aliphatic rings. The molecule has 7 nitrogen and oxygen atoms in total. The number of amides is 2. The van der Waals surface area contributed by atoms with E-state index < -0.39 is 28.5 Å². The molecule has 0 aromatic heterocycles. The lowest BCUT2D eigenvalue weighted by molar-refractivity contribution is -0.139. The number of sulfonamides is 1. The van der Waals surface area contributed by atoms with Gasteiger partial charge in [0.15, 0.2) is 0 Å². The Morgan fingerprint density at radius 2 is 1.74 bits per heavy atom. The number of halogens is 1. The lowest BCUT2D eigenvalue weighted by Crippen LogP contribution is -2.52. The zero-order valence-electron chi connectivity index (χ0n) is 20.5. The van der Waals surface area contributed by atoms with E-state index in [-0.39, 0.29) is 18.5 Å². The third-order valence-electron chi connectivity index (χ3n) is 6.35. The van der Waals surface area contributed by atoms with Crippen LogP contribution in [0.3, 0.4) is 0 Å². The van der Waals surface area contributed by atoms with Gasteiger partial charge in [0, 0.05) is 17.6 Å². The Morgan fingerprint density at radius 3 is 2.34 bits per heavy atom. The molecule has 0 heterocycles. The predicted octanol–water partition coefficient (Wildman–Crippen LogP) is 4.28. The molecule has 35 heavy (non-hydrogen) atoms. The molecular formula is C26H34ClN3O4S. The minimum atomic E-state index is -3.74. The number of carbonyl (C=O) groups excluding carboxylic acids is 2. The van der Waals surface area contributed by atoms with Crippen molar-refractivity contribution >= 4 is 39.1 Å². The van der Waals surface area contributed by atoms with Crippen LogP contribution >= 0.6 is 11.6 Å². The Morgan fingerprint density at radius 1 is 1.09 bits per heavy atom. The second-order valence-electron chi connectivity index (χ2n) is 9.28. The summed E-state index contributed by atoms with van der Waals surface area (Å²) in [5.74, 6) is -0.696. The number of aryl methyl sites for hydroxylation is 1. The van der Waals surface area contributed by atoms with E-state index >= 15 is 0 Å². The maximum Gasteiger partial charge on any atom is 0.244 e. The van der Waals surface area contributed by atoms with E-state index in [0.717, 1.165) is 47.4 Å². The molecule has 1 atom stereocenters. The quantitative estimate of drug-likeness (QED) is 0.535. The molecular weight excluding hydrogens is 486 g/mol. The van der Waals surface area contributed by atoms with Crippen LogP contribution in [0, 0.1) is 6.92 Å². The summed E-state index contributed by atoms with van der Waals surface area (Å²) >= 11 is 6.01. The van der Waals surface area contributed by atoms with Crippen molar-refractivity contribution in [3.05, 3.63) is 64.7 Å². The van der Waals surface area contributed by atoms with Gasteiger partial charge in [0.1, 0.15) is 12.6 Å². The van der Waals surface area contributed by atoms with Gasteiger partial charge in [0.05, 0.1) is 11.9 Å². The summed E-state index contributed by atoms with van der Waals surface area (Å²) in [5, 5.41) is 3.65. The van der Waals surface area contributed by atoms with E-state index in [1.54, 1.807) is 49.4 Å². The van der Waals surface area contributed by atoms with Crippen LogP contribution in [0.25, 0.3) is 0 Å². The fourth-order valence-corrected chi connectivity index (χ4v) is 5.30. The van der Waals surface area contributed by atoms with Gasteiger partial charge in [-0.25, -0.2) is 8.42 Å². The standard InChI is InChI=1S/C26H34ClN3O4S/c1-19-8-7-11-24(16-19)30(35(3,33)34)18-25(31)29(17-21-12-14-22(27)15-13-21)20(2)26(32)28-23-9-5-4-6-10-23/h7-8,11-16,20,23H,4-6,9-10,17-18H2,1-3H3,(H,28,32). The van der Waals surface area contributed by atoms with Crippen LogP contribution in [0.15, 0.2) is 48.5 Å². The van der Waals surface area contributed by atoms with Crippen molar-refractivity contribution in [2.24, 2.45) is 0 Å². The molecule has 0 radical (unpaired) electrons. The minimum Gasteiger partial charge on any atom is -0.352 e. The monoisotopic (exact) mass is 519 g/mol. The summed E-state index contributed by atoms with van der Waals surface area (Å²) in [5.41, 5.74) is 2.08. The molecule has 1 saturated carbocycles. The molecule has 1 fully saturated rings. The van der Waals surface area contributed by atoms with Crippen molar-refractivity contribution < 1.29 is 18.0 Å². The number of benzene rings is 2. The molecule has 0 saturated heterocycles. The molecule has 2 amide bonds. The Bertz CT molecular complexity index is 1130. The van der Waals surface area contributed by atoms with Gasteiger partial charge in [0.25, 0.3) is 0 Å². The fourth-order valence-electron chi connectivity index (χ4n) is 4.33. The largest absolute Gasteiger partial charge is 0.352 e. The number of hydrogen-bond donors (Lipinski definition) is 1. The average molecular weight is 520 g/mol. The van der Waals surface area contributed by atoms with E-state index in [9.17, 15) is 18.0 Å². The third-order valence-corrected chi connectivity index (χ3v) is 7.75. The van der Waals surface area contributed by atoms with Crippen molar-refractivity contribution in [2.45, 2.75) is 64.6 Å². The fraction of sp³-hybridized carbons (Fsp3) is 0.462. The second-order valence-corrected chi connectivity index (χ2v) is 11.6. The highest BCUT2D eigenvalue weighted by atomic mass is 35.5. The molecule has 190 valence electrons. The SMILES string of the molecule is Cc1cccc(N(CC(=O)N(Cc2ccc(Cl)cc2)C(C)C(=O)NC2CCCCC2)S(C)(=O)=O)c1. The van der Waals surface area contributed by atoms with E-state index in [2.05, 4.69) is 5.32 Å². The maximum atomic E-state index is 13.6. The Labute approximate surface area is 213 Å². The van der Waals surface area contributed by atoms with Gasteiger partial charge >= 0.3 is 0 Å². The number of carbonyl (C=O) groups is 2. The van der Waals surface area contributed by atoms with Gasteiger partial charge in [-0.1, -0.05) is 55.1 Å². The molecule has 1 N–H and O–H groups in total. The number of hydrogen-bond acceptors (Lipinski definition) is 4. The van der Waals surface area contributed by atoms with Crippen molar-refractivity contribution in [2.75, 3.05) is 17.1 Å². The summed E-state index contributed by atoms with van der Waals surface area (Å²) in [7, 11) is -3.74. The topological polar surface area (TPSA) is 86.8 Å². The number of anilines is 1. The van der Waals surface area contributed by atoms with Gasteiger partial charge in [-0.15, -0.1) is 0 Å². The number of nitrogens with zero attached hydrogens (tertiary/aromatic N) is 2. The average Bonchev–Trinajstić information content (AvgIpc) is 2.81. The Balaban J connectivity index is 1.86. The summed E-state index contributed by atoms with van der Waals surface area (Å²) in [6, 6.07) is 13.3. The number of nitrogens with one attached hydrogen (secondary N) is 1. The molecule has 0 aliphatic heterocycles. The first-order valence-electron chi connectivity index (χ1n) is 11.9. The smallest absolute Gasteiger partial charge is 0.244 e. The van der Waals surface area contributed by atoms with Crippen LogP contribution in [0.2, 0.25) is 5.02 Å². The van der Waals surface area contributed by atoms with Crippen LogP contribution in [0.1, 0.15) is 50.2 Å². The zero-order chi connectivity index (χ0) is 25.6. The summed E-state index contributed by atoms with van der Waals surface area (Å²) in [6.45, 7) is 3.29. The maximum absolute atomic E-state index is 13.6. The summed E-state index contributed by atoms with van der Waals surface area (Å²) in [4.78, 5) is 28.2. The normalized spacial score (nSPS) is 15.3. The van der Waals surface area contributed by atoms with E-state index in [1.165, 1.54) is 11.3 Å². The van der Waals surface area contributed by atoms with Crippen molar-refractivity contribution in [3.8, 4) is 0 Å². The molecule has 2 aromatic rings. The minimum absolute atomic E-state index is 0.103. The first-order valence-corrected chi connectivity index (χ1v) is 14.2. The van der Waals surface area contributed by atoms with Gasteiger partial charge in [-0.2, -0.15) is 0 Å². The molecule has 9 heteroatoms. The summed E-state index contributed by atoms with van der Waals surface area (Å²) < 4.78 is 26.3. The highest BCUT2D eigenvalue weighted by molar-refractivity contribution is 7.92. The zero-order valence-corrected chi connectivity index (χ0v) is 22.1. The lowest BCUT2D eigenvalue weighted by Gasteiger charge is -2.33. The molecule has 1 unspecified atom stereocenters. The van der Waals surface area contributed by atoms with Gasteiger partial charge in [-0.05, 0) is 62.1 Å². The highest BCUT2D eigenvalue weighted by Crippen LogP contribution is 2.21. The predicted molar refractivity (Wildman–Crippen MR) is 140 cm³/mol. The van der Waals surface area contributed by atoms with Crippen LogP contribution in [0.4, 0.5) is 5.69 Å². The Hall–Kier alpha value is -2.58. The van der Waals surface area contributed by atoms with Gasteiger partial charge < -0.3 is 10.2 Å². The first kappa shape index (κ1) is 27.0. The highest BCUT2D eigenvalue weighted by Gasteiger charge is 2.31. The number of rotatable bonds is 9. The lowest BCUT2D eigenvalue weighted by atomic mass is 9.95. The van der Waals surface area contributed by atoms with Crippen molar-refractivity contribution in [1.82, 2.24) is 10.2 Å². The first-order chi connectivity index (χ1) is 16.5. The van der Waals surface area contributed by atoms with E-state index in [1.807, 2.05) is 13.0 Å². The molecule has 2 aromatic carbocycles. The second kappa shape index (κ2) is 11.9. The summed E-state index contributed by atoms with van der Waals surface area (Å²) in [6.07, 6.45) is 6.26. The van der Waals surface area contributed by atoms with Crippen LogP contribution in [0.5, 0.6) is 0 Å². The van der Waals surface area contributed by atoms with Crippen LogP contribution in [-0.2, 0) is 26.2 Å². The molecule has 0 bridgehead atoms. The van der Waals surface area contributed by atoms with Gasteiger partial charge in [-0.3, -0.25) is 13.9 Å². The Kier molecular flexibility index (Phi) is 9.19. The molecule has 1 aliphatic carbocycles. The van der Waals surface area contributed by atoms with E-state index in [4.69, 9.17) is 11.6 Å². The van der Waals surface area contributed by atoms with Crippen molar-refractivity contribution in [1.29, 1.82) is 0 Å². The van der Waals surface area contributed by atoms with Crippen LogP contribution < -0.4 is 9.62 Å². The molecule has 3 rings (SSSR count). The van der Waals surface area contributed by atoms with E-state index in [0.29, 0.717) is 10.7 Å². The van der Waals surface area contributed by atoms with Gasteiger partial charge in [0.2, 0.25) is 21.8 Å².